The molecule has 2 aromatic rings. The zero-order valence-electron chi connectivity index (χ0n) is 15.3. The molecule has 3 rings (SSSR count). The molecule has 156 valence electrons. The van der Waals surface area contributed by atoms with Gasteiger partial charge in [-0.05, 0) is 36.5 Å². The van der Waals surface area contributed by atoms with Crippen LogP contribution >= 0.6 is 0 Å². The molecule has 0 aliphatic heterocycles. The van der Waals surface area contributed by atoms with Gasteiger partial charge in [0.1, 0.15) is 11.9 Å². The summed E-state index contributed by atoms with van der Waals surface area (Å²) in [6.45, 7) is -2.97. The summed E-state index contributed by atoms with van der Waals surface area (Å²) in [4.78, 5) is 17.7. The van der Waals surface area contributed by atoms with Crippen molar-refractivity contribution in [3.8, 4) is 5.75 Å². The second kappa shape index (κ2) is 9.71. The van der Waals surface area contributed by atoms with E-state index in [1.807, 2.05) is 0 Å². The largest absolute Gasteiger partial charge is 0.434 e. The molecule has 29 heavy (non-hydrogen) atoms. The molecule has 0 heterocycles. The van der Waals surface area contributed by atoms with E-state index in [-0.39, 0.29) is 13.0 Å². The summed E-state index contributed by atoms with van der Waals surface area (Å²) in [5.74, 6) is -3.51. The predicted molar refractivity (Wildman–Crippen MR) is 95.8 cm³/mol. The van der Waals surface area contributed by atoms with E-state index < -0.39 is 41.6 Å². The van der Waals surface area contributed by atoms with Gasteiger partial charge in [-0.3, -0.25) is 9.63 Å². The van der Waals surface area contributed by atoms with Crippen LogP contribution in [0.25, 0.3) is 0 Å². The van der Waals surface area contributed by atoms with Crippen LogP contribution in [0, 0.1) is 17.6 Å². The fourth-order valence-electron chi connectivity index (χ4n) is 2.70. The SMILES string of the molecule is O=C(Cc1ccccc1)NC(NOCC1CC1)c1c(OC(F)F)ccc(F)c1F. The fourth-order valence-corrected chi connectivity index (χ4v) is 2.70. The molecule has 1 fully saturated rings. The Balaban J connectivity index is 1.82. The Morgan fingerprint density at radius 3 is 2.48 bits per heavy atom. The first-order valence-corrected chi connectivity index (χ1v) is 9.07. The van der Waals surface area contributed by atoms with Gasteiger partial charge in [0.05, 0.1) is 18.6 Å². The van der Waals surface area contributed by atoms with Gasteiger partial charge in [-0.1, -0.05) is 30.3 Å². The maximum Gasteiger partial charge on any atom is 0.387 e. The van der Waals surface area contributed by atoms with Gasteiger partial charge in [-0.15, -0.1) is 0 Å². The maximum atomic E-state index is 14.5. The van der Waals surface area contributed by atoms with Crippen LogP contribution in [0.5, 0.6) is 5.75 Å². The molecule has 5 nitrogen and oxygen atoms in total. The van der Waals surface area contributed by atoms with Crippen molar-refractivity contribution in [2.24, 2.45) is 5.92 Å². The number of amides is 1. The quantitative estimate of drug-likeness (QED) is 0.354. The summed E-state index contributed by atoms with van der Waals surface area (Å²) >= 11 is 0. The molecular formula is C20H20F4N2O3. The monoisotopic (exact) mass is 412 g/mol. The Morgan fingerprint density at radius 2 is 1.83 bits per heavy atom. The molecule has 1 amide bonds. The van der Waals surface area contributed by atoms with Crippen LogP contribution in [0.1, 0.15) is 30.1 Å². The zero-order valence-corrected chi connectivity index (χ0v) is 15.3. The van der Waals surface area contributed by atoms with Gasteiger partial charge in [0.25, 0.3) is 0 Å². The lowest BCUT2D eigenvalue weighted by atomic mass is 10.1. The number of hydroxylamine groups is 1. The number of nitrogens with one attached hydrogen (secondary N) is 2. The average Bonchev–Trinajstić information content (AvgIpc) is 3.49. The van der Waals surface area contributed by atoms with Crippen molar-refractivity contribution in [1.82, 2.24) is 10.8 Å². The minimum atomic E-state index is -3.26. The molecule has 1 aliphatic carbocycles. The number of benzene rings is 2. The van der Waals surface area contributed by atoms with Crippen molar-refractivity contribution in [2.75, 3.05) is 6.61 Å². The Morgan fingerprint density at radius 1 is 1.10 bits per heavy atom. The second-order valence-corrected chi connectivity index (χ2v) is 6.69. The summed E-state index contributed by atoms with van der Waals surface area (Å²) in [5.41, 5.74) is 2.52. The van der Waals surface area contributed by atoms with Crippen LogP contribution in [0.2, 0.25) is 0 Å². The molecular weight excluding hydrogens is 392 g/mol. The van der Waals surface area contributed by atoms with Crippen LogP contribution < -0.4 is 15.5 Å². The van der Waals surface area contributed by atoms with Gasteiger partial charge < -0.3 is 10.1 Å². The molecule has 2 aromatic carbocycles. The molecule has 1 atom stereocenters. The topological polar surface area (TPSA) is 59.6 Å². The molecule has 1 aliphatic rings. The number of halogens is 4. The third-order valence-corrected chi connectivity index (χ3v) is 4.33. The van der Waals surface area contributed by atoms with E-state index in [0.717, 1.165) is 18.9 Å². The van der Waals surface area contributed by atoms with Gasteiger partial charge in [0.15, 0.2) is 11.6 Å². The molecule has 0 aromatic heterocycles. The first-order valence-electron chi connectivity index (χ1n) is 9.07. The van der Waals surface area contributed by atoms with Crippen LogP contribution in [0.3, 0.4) is 0 Å². The van der Waals surface area contributed by atoms with E-state index in [1.165, 1.54) is 0 Å². The summed E-state index contributed by atoms with van der Waals surface area (Å²) in [6.07, 6.45) is 0.458. The standard InChI is InChI=1S/C20H20F4N2O3/c21-14-8-9-15(29-20(23)24)17(18(14)22)19(26-28-11-13-6-7-13)25-16(27)10-12-4-2-1-3-5-12/h1-5,8-9,13,19-20,26H,6-7,10-11H2,(H,25,27). The van der Waals surface area contributed by atoms with Crippen LogP contribution in [-0.2, 0) is 16.1 Å². The van der Waals surface area contributed by atoms with Gasteiger partial charge in [-0.25, -0.2) is 8.78 Å². The highest BCUT2D eigenvalue weighted by Crippen LogP contribution is 2.31. The maximum absolute atomic E-state index is 14.5. The zero-order chi connectivity index (χ0) is 20.8. The summed E-state index contributed by atoms with van der Waals surface area (Å²) < 4.78 is 58.1. The highest BCUT2D eigenvalue weighted by molar-refractivity contribution is 5.79. The van der Waals surface area contributed by atoms with E-state index in [9.17, 15) is 22.4 Å². The minimum absolute atomic E-state index is 0.0520. The molecule has 0 bridgehead atoms. The van der Waals surface area contributed by atoms with Gasteiger partial charge in [0, 0.05) is 0 Å². The van der Waals surface area contributed by atoms with E-state index in [0.29, 0.717) is 17.5 Å². The number of rotatable bonds is 10. The molecule has 1 saturated carbocycles. The van der Waals surface area contributed by atoms with Crippen LogP contribution in [0.15, 0.2) is 42.5 Å². The van der Waals surface area contributed by atoms with Crippen LogP contribution in [-0.4, -0.2) is 19.1 Å². The predicted octanol–water partition coefficient (Wildman–Crippen LogP) is 3.85. The van der Waals surface area contributed by atoms with Crippen molar-refractivity contribution in [1.29, 1.82) is 0 Å². The number of alkyl halides is 2. The van der Waals surface area contributed by atoms with Crippen LogP contribution in [0.4, 0.5) is 17.6 Å². The Bertz CT molecular complexity index is 832. The van der Waals surface area contributed by atoms with E-state index in [2.05, 4.69) is 15.5 Å². The fraction of sp³-hybridized carbons (Fsp3) is 0.350. The third kappa shape index (κ3) is 6.16. The lowest BCUT2D eigenvalue weighted by molar-refractivity contribution is -0.123. The van der Waals surface area contributed by atoms with E-state index >= 15 is 0 Å². The normalized spacial score (nSPS) is 14.7. The molecule has 0 spiro atoms. The molecule has 0 radical (unpaired) electrons. The molecule has 1 unspecified atom stereocenters. The minimum Gasteiger partial charge on any atom is -0.434 e. The van der Waals surface area contributed by atoms with Crippen molar-refractivity contribution in [3.63, 3.8) is 0 Å². The van der Waals surface area contributed by atoms with E-state index in [1.54, 1.807) is 30.3 Å². The number of ether oxygens (including phenoxy) is 1. The van der Waals surface area contributed by atoms with Gasteiger partial charge in [-0.2, -0.15) is 14.3 Å². The summed E-state index contributed by atoms with van der Waals surface area (Å²) in [6, 6.07) is 10.3. The number of carbonyl (C=O) groups excluding carboxylic acids is 1. The summed E-state index contributed by atoms with van der Waals surface area (Å²) in [7, 11) is 0. The average molecular weight is 412 g/mol. The molecule has 9 heteroatoms. The van der Waals surface area contributed by atoms with Gasteiger partial charge >= 0.3 is 6.61 Å². The molecule has 2 N–H and O–H groups in total. The van der Waals surface area contributed by atoms with Crippen molar-refractivity contribution >= 4 is 5.91 Å². The Kier molecular flexibility index (Phi) is 7.05. The van der Waals surface area contributed by atoms with Crippen molar-refractivity contribution in [3.05, 3.63) is 65.2 Å². The summed E-state index contributed by atoms with van der Waals surface area (Å²) in [5, 5.41) is 2.45. The lowest BCUT2D eigenvalue weighted by Gasteiger charge is -2.23. The number of hydrogen-bond acceptors (Lipinski definition) is 4. The molecule has 0 saturated heterocycles. The third-order valence-electron chi connectivity index (χ3n) is 4.33. The first kappa shape index (κ1) is 21.1. The van der Waals surface area contributed by atoms with Gasteiger partial charge in [0.2, 0.25) is 5.91 Å². The Hall–Kier alpha value is -2.65. The number of carbonyl (C=O) groups is 1. The lowest BCUT2D eigenvalue weighted by Crippen LogP contribution is -2.40. The smallest absolute Gasteiger partial charge is 0.387 e. The van der Waals surface area contributed by atoms with Crippen molar-refractivity contribution in [2.45, 2.75) is 32.0 Å². The second-order valence-electron chi connectivity index (χ2n) is 6.69. The van der Waals surface area contributed by atoms with E-state index in [4.69, 9.17) is 4.84 Å². The number of hydrogen-bond donors (Lipinski definition) is 2. The first-order chi connectivity index (χ1) is 13.9. The highest BCUT2D eigenvalue weighted by atomic mass is 19.3. The van der Waals surface area contributed by atoms with Crippen molar-refractivity contribution < 1.29 is 31.9 Å². The Labute approximate surface area is 165 Å². The highest BCUT2D eigenvalue weighted by Gasteiger charge is 2.28.